The molecule has 6 heteroatoms. The second kappa shape index (κ2) is 5.14. The summed E-state index contributed by atoms with van der Waals surface area (Å²) in [6.07, 6.45) is 1.78. The topological polar surface area (TPSA) is 84.3 Å². The van der Waals surface area contributed by atoms with Crippen LogP contribution < -0.4 is 10.6 Å². The van der Waals surface area contributed by atoms with Crippen LogP contribution in [0.2, 0.25) is 0 Å². The highest BCUT2D eigenvalue weighted by Gasteiger charge is 2.22. The molecule has 0 saturated carbocycles. The lowest BCUT2D eigenvalue weighted by molar-refractivity contribution is -0.385. The predicted molar refractivity (Wildman–Crippen MR) is 67.5 cm³/mol. The standard InChI is InChI=1S/C12H15N3O3/c1-8-4-5-9(7-11(8)15(17)18)14-12(16)10-3-2-6-13-10/h4-5,7,10,13H,2-3,6H2,1H3,(H,14,16)/t10-/m1/s1. The normalized spacial score (nSPS) is 18.6. The Bertz CT molecular complexity index is 481. The number of nitro benzene ring substituents is 1. The molecule has 1 saturated heterocycles. The molecule has 0 unspecified atom stereocenters. The average Bonchev–Trinajstić information content (AvgIpc) is 2.85. The van der Waals surface area contributed by atoms with Gasteiger partial charge in [-0.25, -0.2) is 0 Å². The average molecular weight is 249 g/mol. The first-order valence-electron chi connectivity index (χ1n) is 5.87. The molecular formula is C12H15N3O3. The summed E-state index contributed by atoms with van der Waals surface area (Å²) >= 11 is 0. The highest BCUT2D eigenvalue weighted by atomic mass is 16.6. The lowest BCUT2D eigenvalue weighted by Gasteiger charge is -2.11. The fourth-order valence-corrected chi connectivity index (χ4v) is 2.02. The molecule has 6 nitrogen and oxygen atoms in total. The van der Waals surface area contributed by atoms with Gasteiger partial charge in [-0.1, -0.05) is 6.07 Å². The summed E-state index contributed by atoms with van der Waals surface area (Å²) in [7, 11) is 0. The van der Waals surface area contributed by atoms with Gasteiger partial charge in [-0.2, -0.15) is 0 Å². The zero-order chi connectivity index (χ0) is 13.1. The van der Waals surface area contributed by atoms with Crippen LogP contribution >= 0.6 is 0 Å². The first-order chi connectivity index (χ1) is 8.58. The molecule has 0 aromatic heterocycles. The summed E-state index contributed by atoms with van der Waals surface area (Å²) in [5.41, 5.74) is 1.06. The molecular weight excluding hydrogens is 234 g/mol. The Kier molecular flexibility index (Phi) is 3.57. The number of nitrogens with one attached hydrogen (secondary N) is 2. The zero-order valence-corrected chi connectivity index (χ0v) is 10.1. The fraction of sp³-hybridized carbons (Fsp3) is 0.417. The number of hydrogen-bond acceptors (Lipinski definition) is 4. The van der Waals surface area contributed by atoms with E-state index in [9.17, 15) is 14.9 Å². The summed E-state index contributed by atoms with van der Waals surface area (Å²) in [5, 5.41) is 16.6. The van der Waals surface area contributed by atoms with Crippen molar-refractivity contribution in [3.8, 4) is 0 Å². The number of benzene rings is 1. The molecule has 96 valence electrons. The minimum absolute atomic E-state index is 0.0205. The third-order valence-corrected chi connectivity index (χ3v) is 3.05. The highest BCUT2D eigenvalue weighted by Crippen LogP contribution is 2.22. The molecule has 0 radical (unpaired) electrons. The van der Waals surface area contributed by atoms with Crippen LogP contribution in [-0.4, -0.2) is 23.4 Å². The van der Waals surface area contributed by atoms with Crippen LogP contribution in [0.4, 0.5) is 11.4 Å². The van der Waals surface area contributed by atoms with E-state index in [0.717, 1.165) is 19.4 Å². The quantitative estimate of drug-likeness (QED) is 0.629. The van der Waals surface area contributed by atoms with Gasteiger partial charge in [0.15, 0.2) is 0 Å². The number of anilines is 1. The van der Waals surface area contributed by atoms with Gasteiger partial charge in [-0.05, 0) is 32.4 Å². The lowest BCUT2D eigenvalue weighted by Crippen LogP contribution is -2.35. The van der Waals surface area contributed by atoms with Crippen molar-refractivity contribution in [1.82, 2.24) is 5.32 Å². The molecule has 2 rings (SSSR count). The molecule has 1 aromatic carbocycles. The van der Waals surface area contributed by atoms with Crippen LogP contribution in [0.5, 0.6) is 0 Å². The zero-order valence-electron chi connectivity index (χ0n) is 10.1. The molecule has 2 N–H and O–H groups in total. The van der Waals surface area contributed by atoms with Gasteiger partial charge in [0.05, 0.1) is 11.0 Å². The molecule has 0 aliphatic carbocycles. The smallest absolute Gasteiger partial charge is 0.274 e. The van der Waals surface area contributed by atoms with Crippen molar-refractivity contribution in [2.75, 3.05) is 11.9 Å². The van der Waals surface area contributed by atoms with Crippen molar-refractivity contribution in [1.29, 1.82) is 0 Å². The summed E-state index contributed by atoms with van der Waals surface area (Å²) in [4.78, 5) is 22.2. The van der Waals surface area contributed by atoms with Crippen molar-refractivity contribution in [2.24, 2.45) is 0 Å². The van der Waals surface area contributed by atoms with Crippen LogP contribution in [0.1, 0.15) is 18.4 Å². The molecule has 1 fully saturated rings. The van der Waals surface area contributed by atoms with Crippen molar-refractivity contribution >= 4 is 17.3 Å². The van der Waals surface area contributed by atoms with Gasteiger partial charge >= 0.3 is 0 Å². The number of aryl methyl sites for hydroxylation is 1. The minimum atomic E-state index is -0.446. The number of nitro groups is 1. The van der Waals surface area contributed by atoms with Gasteiger partial charge in [-0.3, -0.25) is 14.9 Å². The number of nitrogens with zero attached hydrogens (tertiary/aromatic N) is 1. The summed E-state index contributed by atoms with van der Waals surface area (Å²) in [6.45, 7) is 2.51. The van der Waals surface area contributed by atoms with Crippen molar-refractivity contribution in [3.05, 3.63) is 33.9 Å². The van der Waals surface area contributed by atoms with Gasteiger partial charge in [0.1, 0.15) is 0 Å². The van der Waals surface area contributed by atoms with E-state index in [0.29, 0.717) is 11.3 Å². The Morgan fingerprint density at radius 1 is 1.56 bits per heavy atom. The van der Waals surface area contributed by atoms with Gasteiger partial charge < -0.3 is 10.6 Å². The molecule has 18 heavy (non-hydrogen) atoms. The fourth-order valence-electron chi connectivity index (χ4n) is 2.02. The number of hydrogen-bond donors (Lipinski definition) is 2. The van der Waals surface area contributed by atoms with Gasteiger partial charge in [0, 0.05) is 17.3 Å². The third-order valence-electron chi connectivity index (χ3n) is 3.05. The molecule has 1 atom stereocenters. The highest BCUT2D eigenvalue weighted by molar-refractivity contribution is 5.95. The van der Waals surface area contributed by atoms with E-state index >= 15 is 0 Å². The maximum absolute atomic E-state index is 11.8. The molecule has 1 amide bonds. The van der Waals surface area contributed by atoms with Crippen LogP contribution in [0.15, 0.2) is 18.2 Å². The van der Waals surface area contributed by atoms with E-state index < -0.39 is 4.92 Å². The molecule has 1 aromatic rings. The molecule has 0 bridgehead atoms. The van der Waals surface area contributed by atoms with Crippen molar-refractivity contribution < 1.29 is 9.72 Å². The van der Waals surface area contributed by atoms with E-state index in [1.165, 1.54) is 6.07 Å². The van der Waals surface area contributed by atoms with E-state index in [4.69, 9.17) is 0 Å². The SMILES string of the molecule is Cc1ccc(NC(=O)[C@H]2CCCN2)cc1[N+](=O)[O-]. The minimum Gasteiger partial charge on any atom is -0.324 e. The molecule has 1 heterocycles. The monoisotopic (exact) mass is 249 g/mol. The Labute approximate surface area is 105 Å². The van der Waals surface area contributed by atoms with Gasteiger partial charge in [0.25, 0.3) is 5.69 Å². The maximum Gasteiger partial charge on any atom is 0.274 e. The Balaban J connectivity index is 2.11. The molecule has 1 aliphatic rings. The number of rotatable bonds is 3. The van der Waals surface area contributed by atoms with Crippen LogP contribution in [0.25, 0.3) is 0 Å². The number of carbonyl (C=O) groups excluding carboxylic acids is 1. The first kappa shape index (κ1) is 12.5. The number of carbonyl (C=O) groups is 1. The Morgan fingerprint density at radius 2 is 2.33 bits per heavy atom. The number of amides is 1. The first-order valence-corrected chi connectivity index (χ1v) is 5.87. The second-order valence-corrected chi connectivity index (χ2v) is 4.40. The Morgan fingerprint density at radius 3 is 2.94 bits per heavy atom. The van der Waals surface area contributed by atoms with E-state index in [1.807, 2.05) is 0 Å². The summed E-state index contributed by atoms with van der Waals surface area (Å²) in [5.74, 6) is -0.134. The third kappa shape index (κ3) is 2.65. The van der Waals surface area contributed by atoms with Crippen molar-refractivity contribution in [3.63, 3.8) is 0 Å². The van der Waals surface area contributed by atoms with E-state index in [1.54, 1.807) is 19.1 Å². The predicted octanol–water partition coefficient (Wildman–Crippen LogP) is 1.59. The Hall–Kier alpha value is -1.95. The largest absolute Gasteiger partial charge is 0.324 e. The summed E-state index contributed by atoms with van der Waals surface area (Å²) < 4.78 is 0. The van der Waals surface area contributed by atoms with Gasteiger partial charge in [-0.15, -0.1) is 0 Å². The second-order valence-electron chi connectivity index (χ2n) is 4.40. The molecule has 1 aliphatic heterocycles. The van der Waals surface area contributed by atoms with Crippen LogP contribution in [-0.2, 0) is 4.79 Å². The van der Waals surface area contributed by atoms with E-state index in [-0.39, 0.29) is 17.6 Å². The summed E-state index contributed by atoms with van der Waals surface area (Å²) in [6, 6.07) is 4.51. The molecule has 0 spiro atoms. The van der Waals surface area contributed by atoms with Gasteiger partial charge in [0.2, 0.25) is 5.91 Å². The van der Waals surface area contributed by atoms with Crippen LogP contribution in [0.3, 0.4) is 0 Å². The maximum atomic E-state index is 11.8. The van der Waals surface area contributed by atoms with E-state index in [2.05, 4.69) is 10.6 Å². The van der Waals surface area contributed by atoms with Crippen LogP contribution in [0, 0.1) is 17.0 Å². The van der Waals surface area contributed by atoms with Crippen molar-refractivity contribution in [2.45, 2.75) is 25.8 Å². The lowest BCUT2D eigenvalue weighted by atomic mass is 10.1.